The van der Waals surface area contributed by atoms with Gasteiger partial charge in [0.05, 0.1) is 0 Å². The third-order valence-corrected chi connectivity index (χ3v) is 3.19. The van der Waals surface area contributed by atoms with Gasteiger partial charge in [-0.1, -0.05) is 53.7 Å². The van der Waals surface area contributed by atoms with Crippen LogP contribution in [0.5, 0.6) is 5.75 Å². The van der Waals surface area contributed by atoms with Gasteiger partial charge in [0.15, 0.2) is 0 Å². The molecule has 0 saturated heterocycles. The molecule has 0 radical (unpaired) electrons. The molecule has 0 bridgehead atoms. The Kier molecular flexibility index (Phi) is 6.29. The number of hydrogen-bond donors (Lipinski definition) is 2. The smallest absolute Gasteiger partial charge is 0.391 e. The third kappa shape index (κ3) is 5.27. The maximum Gasteiger partial charge on any atom is 0.391 e. The number of halogens is 1. The summed E-state index contributed by atoms with van der Waals surface area (Å²) in [6.45, 7) is 12.7. The van der Waals surface area contributed by atoms with Crippen molar-refractivity contribution >= 4 is 21.0 Å². The molecule has 5 heteroatoms. The van der Waals surface area contributed by atoms with Gasteiger partial charge in [-0.15, -0.1) is 12.4 Å². The van der Waals surface area contributed by atoms with E-state index in [0.29, 0.717) is 5.75 Å². The molecular formula is C14H24ClO3P. The Morgan fingerprint density at radius 2 is 1.47 bits per heavy atom. The van der Waals surface area contributed by atoms with Crippen molar-refractivity contribution in [1.29, 1.82) is 0 Å². The van der Waals surface area contributed by atoms with E-state index in [0.717, 1.165) is 5.56 Å². The normalized spacial score (nSPS) is 12.3. The molecule has 0 aliphatic rings. The van der Waals surface area contributed by atoms with Crippen LogP contribution >= 0.6 is 21.0 Å². The van der Waals surface area contributed by atoms with Gasteiger partial charge in [-0.25, -0.2) is 0 Å². The molecule has 0 aliphatic carbocycles. The zero-order valence-corrected chi connectivity index (χ0v) is 14.1. The summed E-state index contributed by atoms with van der Waals surface area (Å²) < 4.78 is 5.12. The third-order valence-electron chi connectivity index (χ3n) is 2.83. The highest BCUT2D eigenvalue weighted by Crippen LogP contribution is 2.39. The minimum atomic E-state index is -2.38. The molecular weight excluding hydrogens is 283 g/mol. The first-order chi connectivity index (χ1) is 8.01. The fraction of sp³-hybridized carbons (Fsp3) is 0.571. The highest BCUT2D eigenvalue weighted by Gasteiger charge is 2.24. The number of hydrogen-bond acceptors (Lipinski definition) is 3. The van der Waals surface area contributed by atoms with E-state index in [1.165, 1.54) is 5.56 Å². The number of rotatable bonds is 2. The van der Waals surface area contributed by atoms with E-state index in [2.05, 4.69) is 47.6 Å². The lowest BCUT2D eigenvalue weighted by atomic mass is 9.80. The van der Waals surface area contributed by atoms with Gasteiger partial charge >= 0.3 is 8.60 Å². The van der Waals surface area contributed by atoms with Crippen LogP contribution in [0.25, 0.3) is 0 Å². The average molecular weight is 307 g/mol. The lowest BCUT2D eigenvalue weighted by molar-refractivity contribution is 0.369. The average Bonchev–Trinajstić information content (AvgIpc) is 2.13. The second-order valence-corrected chi connectivity index (χ2v) is 7.24. The zero-order valence-electron chi connectivity index (χ0n) is 12.4. The van der Waals surface area contributed by atoms with Gasteiger partial charge < -0.3 is 14.3 Å². The summed E-state index contributed by atoms with van der Waals surface area (Å²) in [5.41, 5.74) is 2.15. The van der Waals surface area contributed by atoms with Crippen LogP contribution in [0.15, 0.2) is 18.2 Å². The summed E-state index contributed by atoms with van der Waals surface area (Å²) >= 11 is 0. The summed E-state index contributed by atoms with van der Waals surface area (Å²) in [5, 5.41) is 0. The zero-order chi connectivity index (χ0) is 14.1. The van der Waals surface area contributed by atoms with E-state index in [1.54, 1.807) is 0 Å². The van der Waals surface area contributed by atoms with Crippen LogP contribution in [-0.4, -0.2) is 9.79 Å². The van der Waals surface area contributed by atoms with Crippen molar-refractivity contribution in [2.45, 2.75) is 52.4 Å². The van der Waals surface area contributed by atoms with Crippen LogP contribution in [0.3, 0.4) is 0 Å². The van der Waals surface area contributed by atoms with Gasteiger partial charge in [0.2, 0.25) is 0 Å². The second kappa shape index (κ2) is 6.41. The van der Waals surface area contributed by atoms with E-state index >= 15 is 0 Å². The molecule has 1 rings (SSSR count). The molecule has 0 aliphatic heterocycles. The van der Waals surface area contributed by atoms with Crippen molar-refractivity contribution in [2.75, 3.05) is 0 Å². The summed E-state index contributed by atoms with van der Waals surface area (Å²) in [6.07, 6.45) is 0. The van der Waals surface area contributed by atoms with Crippen molar-refractivity contribution in [1.82, 2.24) is 0 Å². The maximum absolute atomic E-state index is 9.02. The van der Waals surface area contributed by atoms with Crippen LogP contribution in [0.1, 0.15) is 52.7 Å². The molecule has 19 heavy (non-hydrogen) atoms. The molecule has 1 aromatic carbocycles. The first-order valence-electron chi connectivity index (χ1n) is 6.02. The number of benzene rings is 1. The van der Waals surface area contributed by atoms with Crippen molar-refractivity contribution in [2.24, 2.45) is 0 Å². The van der Waals surface area contributed by atoms with Gasteiger partial charge in [0, 0.05) is 5.56 Å². The Labute approximate surface area is 123 Å². The highest BCUT2D eigenvalue weighted by atomic mass is 35.5. The molecule has 0 spiro atoms. The first-order valence-corrected chi connectivity index (χ1v) is 7.19. The SMILES string of the molecule is CC(C)(C)c1ccc(OP(O)O)c(C(C)(C)C)c1.Cl. The minimum absolute atomic E-state index is 0. The van der Waals surface area contributed by atoms with Gasteiger partial charge in [-0.05, 0) is 22.5 Å². The van der Waals surface area contributed by atoms with Gasteiger partial charge in [-0.2, -0.15) is 0 Å². The molecule has 0 atom stereocenters. The van der Waals surface area contributed by atoms with Crippen LogP contribution in [0, 0.1) is 0 Å². The Bertz CT molecular complexity index is 420. The summed E-state index contributed by atoms with van der Waals surface area (Å²) in [4.78, 5) is 18.0. The van der Waals surface area contributed by atoms with Crippen LogP contribution < -0.4 is 4.52 Å². The molecule has 1 aromatic rings. The van der Waals surface area contributed by atoms with Gasteiger partial charge in [0.1, 0.15) is 5.75 Å². The molecule has 0 heterocycles. The first kappa shape index (κ1) is 18.7. The summed E-state index contributed by atoms with van der Waals surface area (Å²) in [5.74, 6) is 0.548. The molecule has 0 amide bonds. The van der Waals surface area contributed by atoms with Crippen molar-refractivity contribution in [3.05, 3.63) is 29.3 Å². The van der Waals surface area contributed by atoms with E-state index in [-0.39, 0.29) is 23.2 Å². The van der Waals surface area contributed by atoms with Gasteiger partial charge in [0.25, 0.3) is 0 Å². The van der Waals surface area contributed by atoms with E-state index in [4.69, 9.17) is 14.3 Å². The fourth-order valence-electron chi connectivity index (χ4n) is 1.75. The van der Waals surface area contributed by atoms with Crippen molar-refractivity contribution in [3.63, 3.8) is 0 Å². The molecule has 3 nitrogen and oxygen atoms in total. The Hall–Kier alpha value is -0.340. The summed E-state index contributed by atoms with van der Waals surface area (Å²) in [6, 6.07) is 5.89. The van der Waals surface area contributed by atoms with E-state index in [9.17, 15) is 0 Å². The molecule has 0 unspecified atom stereocenters. The lowest BCUT2D eigenvalue weighted by Crippen LogP contribution is -2.17. The quantitative estimate of drug-likeness (QED) is 0.801. The monoisotopic (exact) mass is 306 g/mol. The minimum Gasteiger partial charge on any atom is -0.427 e. The fourth-order valence-corrected chi connectivity index (χ4v) is 2.09. The van der Waals surface area contributed by atoms with E-state index < -0.39 is 8.60 Å². The van der Waals surface area contributed by atoms with Crippen LogP contribution in [0.2, 0.25) is 0 Å². The molecule has 110 valence electrons. The molecule has 0 saturated carbocycles. The highest BCUT2D eigenvalue weighted by molar-refractivity contribution is 7.39. The topological polar surface area (TPSA) is 49.7 Å². The van der Waals surface area contributed by atoms with E-state index in [1.807, 2.05) is 12.1 Å². The molecule has 2 N–H and O–H groups in total. The Morgan fingerprint density at radius 3 is 1.84 bits per heavy atom. The standard InChI is InChI=1S/C14H23O3P.ClH/c1-13(2,3)10-7-8-12(17-18(15)16)11(9-10)14(4,5)6;/h7-9,15-16H,1-6H3;1H. The van der Waals surface area contributed by atoms with Crippen molar-refractivity contribution in [3.8, 4) is 5.75 Å². The Morgan fingerprint density at radius 1 is 0.947 bits per heavy atom. The second-order valence-electron chi connectivity index (χ2n) is 6.55. The van der Waals surface area contributed by atoms with Crippen molar-refractivity contribution < 1.29 is 14.3 Å². The summed E-state index contributed by atoms with van der Waals surface area (Å²) in [7, 11) is -2.38. The Balaban J connectivity index is 0.00000324. The van der Waals surface area contributed by atoms with Crippen LogP contribution in [-0.2, 0) is 10.8 Å². The largest absolute Gasteiger partial charge is 0.427 e. The van der Waals surface area contributed by atoms with Gasteiger partial charge in [-0.3, -0.25) is 0 Å². The lowest BCUT2D eigenvalue weighted by Gasteiger charge is -2.27. The maximum atomic E-state index is 9.02. The predicted molar refractivity (Wildman–Crippen MR) is 83.1 cm³/mol. The predicted octanol–water partition coefficient (Wildman–Crippen LogP) is 4.29. The van der Waals surface area contributed by atoms with Crippen LogP contribution in [0.4, 0.5) is 0 Å². The molecule has 0 aromatic heterocycles. The molecule has 0 fully saturated rings.